The van der Waals surface area contributed by atoms with Crippen LogP contribution in [0.25, 0.3) is 0 Å². The summed E-state index contributed by atoms with van der Waals surface area (Å²) in [6.07, 6.45) is 4.32. The van der Waals surface area contributed by atoms with Crippen LogP contribution in [0.15, 0.2) is 11.1 Å². The van der Waals surface area contributed by atoms with E-state index in [0.717, 1.165) is 30.6 Å². The lowest BCUT2D eigenvalue weighted by Gasteiger charge is -2.19. The predicted octanol–water partition coefficient (Wildman–Crippen LogP) is 2.32. The molecule has 0 aromatic heterocycles. The quantitative estimate of drug-likeness (QED) is 0.508. The Morgan fingerprint density at radius 3 is 2.80 bits per heavy atom. The van der Waals surface area contributed by atoms with E-state index in [-0.39, 0.29) is 0 Å². The van der Waals surface area contributed by atoms with Crippen molar-refractivity contribution in [2.45, 2.75) is 33.1 Å². The molecule has 0 aliphatic heterocycles. The lowest BCUT2D eigenvalue weighted by Crippen LogP contribution is -2.06. The zero-order chi connectivity index (χ0) is 7.56. The number of aldehydes is 1. The second-order valence-corrected chi connectivity index (χ2v) is 3.27. The lowest BCUT2D eigenvalue weighted by atomic mass is 9.86. The fourth-order valence-corrected chi connectivity index (χ4v) is 1.53. The first-order chi connectivity index (χ1) is 4.74. The van der Waals surface area contributed by atoms with Crippen LogP contribution in [0.3, 0.4) is 0 Å². The lowest BCUT2D eigenvalue weighted by molar-refractivity contribution is -0.105. The molecule has 1 atom stereocenters. The number of allylic oxidation sites excluding steroid dienone is 2. The molecule has 0 unspecified atom stereocenters. The third kappa shape index (κ3) is 1.47. The molecule has 0 saturated carbocycles. The average molecular weight is 138 g/mol. The van der Waals surface area contributed by atoms with Crippen LogP contribution >= 0.6 is 0 Å². The summed E-state index contributed by atoms with van der Waals surface area (Å²) in [5, 5.41) is 0. The number of carbonyl (C=O) groups is 1. The van der Waals surface area contributed by atoms with Crippen LogP contribution in [0.2, 0.25) is 0 Å². The van der Waals surface area contributed by atoms with Gasteiger partial charge >= 0.3 is 0 Å². The van der Waals surface area contributed by atoms with Crippen LogP contribution in [0.5, 0.6) is 0 Å². The van der Waals surface area contributed by atoms with Crippen molar-refractivity contribution in [3.63, 3.8) is 0 Å². The molecule has 0 heterocycles. The van der Waals surface area contributed by atoms with Crippen molar-refractivity contribution in [3.05, 3.63) is 11.1 Å². The van der Waals surface area contributed by atoms with Gasteiger partial charge in [0.05, 0.1) is 0 Å². The van der Waals surface area contributed by atoms with Crippen molar-refractivity contribution >= 4 is 6.29 Å². The van der Waals surface area contributed by atoms with E-state index in [1.807, 2.05) is 0 Å². The first-order valence-corrected chi connectivity index (χ1v) is 3.88. The molecule has 1 nitrogen and oxygen atoms in total. The molecule has 1 aliphatic carbocycles. The molecule has 1 rings (SSSR count). The van der Waals surface area contributed by atoms with Crippen molar-refractivity contribution in [2.24, 2.45) is 5.92 Å². The molecule has 0 saturated heterocycles. The van der Waals surface area contributed by atoms with Gasteiger partial charge in [0.2, 0.25) is 0 Å². The molecule has 0 fully saturated rings. The van der Waals surface area contributed by atoms with Gasteiger partial charge in [-0.2, -0.15) is 0 Å². The molecule has 0 N–H and O–H groups in total. The van der Waals surface area contributed by atoms with E-state index >= 15 is 0 Å². The Morgan fingerprint density at radius 1 is 1.60 bits per heavy atom. The molecule has 1 heteroatoms. The predicted molar refractivity (Wildman–Crippen MR) is 41.8 cm³/mol. The van der Waals surface area contributed by atoms with Crippen molar-refractivity contribution in [1.82, 2.24) is 0 Å². The molecule has 0 aromatic rings. The molecule has 0 radical (unpaired) electrons. The number of hydrogen-bond acceptors (Lipinski definition) is 1. The van der Waals surface area contributed by atoms with Crippen molar-refractivity contribution in [3.8, 4) is 0 Å². The van der Waals surface area contributed by atoms with Gasteiger partial charge in [0.15, 0.2) is 0 Å². The number of hydrogen-bond donors (Lipinski definition) is 0. The second-order valence-electron chi connectivity index (χ2n) is 3.27. The summed E-state index contributed by atoms with van der Waals surface area (Å²) in [5.41, 5.74) is 2.34. The summed E-state index contributed by atoms with van der Waals surface area (Å²) in [6, 6.07) is 0. The Hall–Kier alpha value is -0.590. The highest BCUT2D eigenvalue weighted by Crippen LogP contribution is 2.27. The minimum absolute atomic E-state index is 0.781. The third-order valence-electron chi connectivity index (χ3n) is 2.25. The Morgan fingerprint density at radius 2 is 2.30 bits per heavy atom. The van der Waals surface area contributed by atoms with Gasteiger partial charge in [-0.15, -0.1) is 0 Å². The molecule has 1 aliphatic rings. The van der Waals surface area contributed by atoms with E-state index < -0.39 is 0 Å². The van der Waals surface area contributed by atoms with Crippen molar-refractivity contribution in [2.75, 3.05) is 0 Å². The fourth-order valence-electron chi connectivity index (χ4n) is 1.53. The standard InChI is InChI=1S/C9H14O/c1-7-3-4-9(6-10)8(2)5-7/h6-7H,3-5H2,1-2H3/t7-/m0/s1. The van der Waals surface area contributed by atoms with Gasteiger partial charge < -0.3 is 0 Å². The van der Waals surface area contributed by atoms with Gasteiger partial charge in [-0.05, 0) is 37.7 Å². The molecule has 0 amide bonds. The Balaban J connectivity index is 2.70. The topological polar surface area (TPSA) is 17.1 Å². The van der Waals surface area contributed by atoms with Crippen LogP contribution < -0.4 is 0 Å². The minimum Gasteiger partial charge on any atom is -0.298 e. The van der Waals surface area contributed by atoms with Gasteiger partial charge in [-0.25, -0.2) is 0 Å². The SMILES string of the molecule is CC1=C(C=O)CC[C@H](C)C1. The maximum Gasteiger partial charge on any atom is 0.145 e. The summed E-state index contributed by atoms with van der Waals surface area (Å²) in [5.74, 6) is 0.781. The Bertz CT molecular complexity index is 168. The first-order valence-electron chi connectivity index (χ1n) is 3.88. The highest BCUT2D eigenvalue weighted by atomic mass is 16.1. The van der Waals surface area contributed by atoms with Gasteiger partial charge in [0.25, 0.3) is 0 Å². The van der Waals surface area contributed by atoms with E-state index in [9.17, 15) is 4.79 Å². The summed E-state index contributed by atoms with van der Waals surface area (Å²) in [6.45, 7) is 4.31. The summed E-state index contributed by atoms with van der Waals surface area (Å²) < 4.78 is 0. The maximum absolute atomic E-state index is 10.4. The molecule has 0 spiro atoms. The van der Waals surface area contributed by atoms with E-state index in [1.165, 1.54) is 12.0 Å². The van der Waals surface area contributed by atoms with E-state index in [1.54, 1.807) is 0 Å². The monoisotopic (exact) mass is 138 g/mol. The second kappa shape index (κ2) is 3.00. The van der Waals surface area contributed by atoms with Crippen LogP contribution in [-0.4, -0.2) is 6.29 Å². The molecule has 0 bridgehead atoms. The Kier molecular flexibility index (Phi) is 2.25. The normalized spacial score (nSPS) is 26.8. The third-order valence-corrected chi connectivity index (χ3v) is 2.25. The number of rotatable bonds is 1. The van der Waals surface area contributed by atoms with E-state index in [0.29, 0.717) is 0 Å². The largest absolute Gasteiger partial charge is 0.298 e. The van der Waals surface area contributed by atoms with Crippen LogP contribution in [-0.2, 0) is 4.79 Å². The fraction of sp³-hybridized carbons (Fsp3) is 0.667. The van der Waals surface area contributed by atoms with Crippen LogP contribution in [0, 0.1) is 5.92 Å². The highest BCUT2D eigenvalue weighted by Gasteiger charge is 2.13. The number of carbonyl (C=O) groups excluding carboxylic acids is 1. The Labute approximate surface area is 62.1 Å². The maximum atomic E-state index is 10.4. The molecule has 10 heavy (non-hydrogen) atoms. The molecular weight excluding hydrogens is 124 g/mol. The smallest absolute Gasteiger partial charge is 0.145 e. The first kappa shape index (κ1) is 7.52. The molecule has 56 valence electrons. The van der Waals surface area contributed by atoms with E-state index in [4.69, 9.17) is 0 Å². The van der Waals surface area contributed by atoms with Gasteiger partial charge in [0, 0.05) is 0 Å². The average Bonchev–Trinajstić information content (AvgIpc) is 1.88. The van der Waals surface area contributed by atoms with Crippen molar-refractivity contribution in [1.29, 1.82) is 0 Å². The zero-order valence-electron chi connectivity index (χ0n) is 6.68. The summed E-state index contributed by atoms with van der Waals surface area (Å²) in [7, 11) is 0. The highest BCUT2D eigenvalue weighted by molar-refractivity contribution is 5.74. The molecular formula is C9H14O. The van der Waals surface area contributed by atoms with Gasteiger partial charge in [-0.3, -0.25) is 4.79 Å². The molecule has 0 aromatic carbocycles. The van der Waals surface area contributed by atoms with Gasteiger partial charge in [0.1, 0.15) is 6.29 Å². The summed E-state index contributed by atoms with van der Waals surface area (Å²) in [4.78, 5) is 10.4. The summed E-state index contributed by atoms with van der Waals surface area (Å²) >= 11 is 0. The van der Waals surface area contributed by atoms with Crippen LogP contribution in [0.1, 0.15) is 33.1 Å². The van der Waals surface area contributed by atoms with E-state index in [2.05, 4.69) is 13.8 Å². The van der Waals surface area contributed by atoms with Crippen LogP contribution in [0.4, 0.5) is 0 Å². The minimum atomic E-state index is 0.781. The van der Waals surface area contributed by atoms with Crippen molar-refractivity contribution < 1.29 is 4.79 Å². The van der Waals surface area contributed by atoms with Gasteiger partial charge in [-0.1, -0.05) is 12.5 Å². The zero-order valence-corrected chi connectivity index (χ0v) is 6.68.